The molecule has 0 unspecified atom stereocenters. The van der Waals surface area contributed by atoms with Crippen molar-refractivity contribution in [2.45, 2.75) is 20.8 Å². The van der Waals surface area contributed by atoms with Crippen molar-refractivity contribution in [2.24, 2.45) is 5.41 Å². The predicted octanol–water partition coefficient (Wildman–Crippen LogP) is 1.91. The second kappa shape index (κ2) is 6.18. The van der Waals surface area contributed by atoms with Gasteiger partial charge < -0.3 is 15.2 Å². The summed E-state index contributed by atoms with van der Waals surface area (Å²) in [4.78, 5) is 34.2. The summed E-state index contributed by atoms with van der Waals surface area (Å²) in [5, 5.41) is 11.4. The van der Waals surface area contributed by atoms with Gasteiger partial charge >= 0.3 is 11.9 Å². The fraction of sp³-hybridized carbons (Fsp3) is 0.357. The summed E-state index contributed by atoms with van der Waals surface area (Å²) in [5.74, 6) is -2.29. The fourth-order valence-electron chi connectivity index (χ4n) is 1.29. The van der Waals surface area contributed by atoms with Gasteiger partial charge in [-0.05, 0) is 45.0 Å². The molecule has 0 aliphatic heterocycles. The van der Waals surface area contributed by atoms with E-state index in [2.05, 4.69) is 5.32 Å². The normalized spacial score (nSPS) is 10.8. The molecule has 108 valence electrons. The molecule has 6 heteroatoms. The molecule has 0 saturated heterocycles. The highest BCUT2D eigenvalue weighted by Gasteiger charge is 2.35. The van der Waals surface area contributed by atoms with Crippen LogP contribution in [0.1, 0.15) is 31.1 Å². The molecule has 0 aromatic heterocycles. The van der Waals surface area contributed by atoms with E-state index in [0.29, 0.717) is 11.3 Å². The van der Waals surface area contributed by atoms with Crippen molar-refractivity contribution in [1.82, 2.24) is 0 Å². The van der Waals surface area contributed by atoms with Gasteiger partial charge in [-0.1, -0.05) is 0 Å². The molecule has 0 radical (unpaired) electrons. The van der Waals surface area contributed by atoms with Crippen molar-refractivity contribution in [3.05, 3.63) is 29.8 Å². The van der Waals surface area contributed by atoms with Gasteiger partial charge in [-0.3, -0.25) is 9.59 Å². The van der Waals surface area contributed by atoms with E-state index in [4.69, 9.17) is 9.84 Å². The summed E-state index contributed by atoms with van der Waals surface area (Å²) in [6, 6.07) is 6.03. The minimum absolute atomic E-state index is 0.282. The SMILES string of the molecule is CCOC(=O)c1ccc(NC(=O)C(C)(C)C(=O)O)cc1. The highest BCUT2D eigenvalue weighted by atomic mass is 16.5. The minimum Gasteiger partial charge on any atom is -0.480 e. The van der Waals surface area contributed by atoms with Gasteiger partial charge in [0, 0.05) is 5.69 Å². The van der Waals surface area contributed by atoms with Crippen LogP contribution in [0.15, 0.2) is 24.3 Å². The number of aliphatic carboxylic acids is 1. The third-order valence-electron chi connectivity index (χ3n) is 2.76. The maximum atomic E-state index is 11.8. The molecule has 0 atom stereocenters. The molecule has 0 spiro atoms. The standard InChI is InChI=1S/C14H17NO5/c1-4-20-11(16)9-5-7-10(8-6-9)15-12(17)14(2,3)13(18)19/h5-8H,4H2,1-3H3,(H,15,17)(H,18,19). The fourth-order valence-corrected chi connectivity index (χ4v) is 1.29. The van der Waals surface area contributed by atoms with Crippen molar-refractivity contribution in [1.29, 1.82) is 0 Å². The van der Waals surface area contributed by atoms with Crippen LogP contribution < -0.4 is 5.32 Å². The number of benzene rings is 1. The Balaban J connectivity index is 2.78. The molecule has 0 fully saturated rings. The van der Waals surface area contributed by atoms with E-state index in [9.17, 15) is 14.4 Å². The molecule has 0 aliphatic rings. The van der Waals surface area contributed by atoms with E-state index in [-0.39, 0.29) is 6.61 Å². The number of carbonyl (C=O) groups is 3. The monoisotopic (exact) mass is 279 g/mol. The smallest absolute Gasteiger partial charge is 0.338 e. The van der Waals surface area contributed by atoms with Crippen LogP contribution in [-0.4, -0.2) is 29.6 Å². The molecule has 0 heterocycles. The lowest BCUT2D eigenvalue weighted by atomic mass is 9.92. The molecule has 0 saturated carbocycles. The number of carboxylic acid groups (broad SMARTS) is 1. The number of esters is 1. The molecule has 1 aromatic carbocycles. The Morgan fingerprint density at radius 3 is 2.20 bits per heavy atom. The van der Waals surface area contributed by atoms with Gasteiger partial charge in [0.05, 0.1) is 12.2 Å². The summed E-state index contributed by atoms with van der Waals surface area (Å²) in [5.41, 5.74) is -0.750. The quantitative estimate of drug-likeness (QED) is 0.634. The van der Waals surface area contributed by atoms with Crippen molar-refractivity contribution in [2.75, 3.05) is 11.9 Å². The van der Waals surface area contributed by atoms with E-state index in [0.717, 1.165) is 0 Å². The van der Waals surface area contributed by atoms with Crippen LogP contribution in [0, 0.1) is 5.41 Å². The number of amides is 1. The number of anilines is 1. The maximum Gasteiger partial charge on any atom is 0.338 e. The third kappa shape index (κ3) is 3.57. The second-order valence-corrected chi connectivity index (χ2v) is 4.68. The number of hydrogen-bond donors (Lipinski definition) is 2. The number of ether oxygens (including phenoxy) is 1. The van der Waals surface area contributed by atoms with Gasteiger partial charge in [-0.2, -0.15) is 0 Å². The third-order valence-corrected chi connectivity index (χ3v) is 2.76. The van der Waals surface area contributed by atoms with Gasteiger partial charge in [0.15, 0.2) is 0 Å². The average Bonchev–Trinajstić information content (AvgIpc) is 2.39. The first-order chi connectivity index (χ1) is 9.28. The summed E-state index contributed by atoms with van der Waals surface area (Å²) in [7, 11) is 0. The Labute approximate surface area is 116 Å². The lowest BCUT2D eigenvalue weighted by molar-refractivity contribution is -0.151. The molecular weight excluding hydrogens is 262 g/mol. The Kier molecular flexibility index (Phi) is 4.85. The highest BCUT2D eigenvalue weighted by Crippen LogP contribution is 2.19. The van der Waals surface area contributed by atoms with Gasteiger partial charge in [0.25, 0.3) is 0 Å². The molecule has 1 rings (SSSR count). The van der Waals surface area contributed by atoms with E-state index in [1.54, 1.807) is 6.92 Å². The van der Waals surface area contributed by atoms with Crippen molar-refractivity contribution in [3.63, 3.8) is 0 Å². The largest absolute Gasteiger partial charge is 0.480 e. The Hall–Kier alpha value is -2.37. The summed E-state index contributed by atoms with van der Waals surface area (Å²) in [6.07, 6.45) is 0. The van der Waals surface area contributed by atoms with Crippen LogP contribution in [-0.2, 0) is 14.3 Å². The number of carbonyl (C=O) groups excluding carboxylic acids is 2. The van der Waals surface area contributed by atoms with Gasteiger partial charge in [-0.15, -0.1) is 0 Å². The number of rotatable bonds is 5. The lowest BCUT2D eigenvalue weighted by Gasteiger charge is -2.18. The summed E-state index contributed by atoms with van der Waals surface area (Å²) >= 11 is 0. The first kappa shape index (κ1) is 15.7. The minimum atomic E-state index is -1.53. The summed E-state index contributed by atoms with van der Waals surface area (Å²) < 4.78 is 4.83. The number of nitrogens with one attached hydrogen (secondary N) is 1. The average molecular weight is 279 g/mol. The topological polar surface area (TPSA) is 92.7 Å². The van der Waals surface area contributed by atoms with Gasteiger partial charge in [0.1, 0.15) is 5.41 Å². The van der Waals surface area contributed by atoms with Crippen LogP contribution in [0.3, 0.4) is 0 Å². The van der Waals surface area contributed by atoms with Gasteiger partial charge in [-0.25, -0.2) is 4.79 Å². The molecule has 20 heavy (non-hydrogen) atoms. The Morgan fingerprint density at radius 2 is 1.75 bits per heavy atom. The second-order valence-electron chi connectivity index (χ2n) is 4.68. The maximum absolute atomic E-state index is 11.8. The molecule has 0 aliphatic carbocycles. The predicted molar refractivity (Wildman–Crippen MR) is 72.4 cm³/mol. The first-order valence-corrected chi connectivity index (χ1v) is 6.11. The molecule has 1 amide bonds. The zero-order valence-electron chi connectivity index (χ0n) is 11.6. The van der Waals surface area contributed by atoms with Crippen LogP contribution >= 0.6 is 0 Å². The van der Waals surface area contributed by atoms with Crippen LogP contribution in [0.5, 0.6) is 0 Å². The Morgan fingerprint density at radius 1 is 1.20 bits per heavy atom. The molecular formula is C14H17NO5. The molecule has 1 aromatic rings. The zero-order chi connectivity index (χ0) is 15.3. The first-order valence-electron chi connectivity index (χ1n) is 6.11. The van der Waals surface area contributed by atoms with Crippen LogP contribution in [0.2, 0.25) is 0 Å². The van der Waals surface area contributed by atoms with Crippen LogP contribution in [0.25, 0.3) is 0 Å². The number of hydrogen-bond acceptors (Lipinski definition) is 4. The van der Waals surface area contributed by atoms with Crippen molar-refractivity contribution in [3.8, 4) is 0 Å². The van der Waals surface area contributed by atoms with E-state index in [1.807, 2.05) is 0 Å². The van der Waals surface area contributed by atoms with Gasteiger partial charge in [0.2, 0.25) is 5.91 Å². The Bertz CT molecular complexity index is 519. The van der Waals surface area contributed by atoms with E-state index < -0.39 is 23.3 Å². The van der Waals surface area contributed by atoms with Crippen LogP contribution in [0.4, 0.5) is 5.69 Å². The highest BCUT2D eigenvalue weighted by molar-refractivity contribution is 6.07. The molecule has 6 nitrogen and oxygen atoms in total. The molecule has 2 N–H and O–H groups in total. The zero-order valence-corrected chi connectivity index (χ0v) is 11.6. The van der Waals surface area contributed by atoms with E-state index >= 15 is 0 Å². The van der Waals surface area contributed by atoms with Crippen molar-refractivity contribution < 1.29 is 24.2 Å². The summed E-state index contributed by atoms with van der Waals surface area (Å²) in [6.45, 7) is 4.62. The van der Waals surface area contributed by atoms with Crippen molar-refractivity contribution >= 4 is 23.5 Å². The molecule has 0 bridgehead atoms. The lowest BCUT2D eigenvalue weighted by Crippen LogP contribution is -2.37. The number of carboxylic acids is 1. The van der Waals surface area contributed by atoms with E-state index in [1.165, 1.54) is 38.1 Å².